The van der Waals surface area contributed by atoms with Gasteiger partial charge in [-0.1, -0.05) is 12.1 Å². The molecule has 2 rings (SSSR count). The Morgan fingerprint density at radius 2 is 2.00 bits per heavy atom. The third-order valence-corrected chi connectivity index (χ3v) is 4.47. The van der Waals surface area contributed by atoms with Gasteiger partial charge in [0.2, 0.25) is 5.91 Å². The second-order valence-corrected chi connectivity index (χ2v) is 7.19. The van der Waals surface area contributed by atoms with E-state index >= 15 is 0 Å². The first-order valence-electron chi connectivity index (χ1n) is 8.24. The molecule has 0 aliphatic heterocycles. The van der Waals surface area contributed by atoms with Gasteiger partial charge in [0.05, 0.1) is 26.7 Å². The number of aryl methyl sites for hydroxylation is 1. The van der Waals surface area contributed by atoms with E-state index in [1.165, 1.54) is 4.90 Å². The van der Waals surface area contributed by atoms with Crippen LogP contribution in [-0.4, -0.2) is 49.5 Å². The molecule has 0 aliphatic carbocycles. The minimum absolute atomic E-state index is 0.0194. The third kappa shape index (κ3) is 6.36. The Morgan fingerprint density at radius 1 is 1.27 bits per heavy atom. The van der Waals surface area contributed by atoms with Crippen LogP contribution in [0.25, 0.3) is 0 Å². The Kier molecular flexibility index (Phi) is 7.40. The number of guanidine groups is 1. The van der Waals surface area contributed by atoms with Crippen molar-refractivity contribution in [1.29, 1.82) is 0 Å². The molecule has 140 valence electrons. The Morgan fingerprint density at radius 3 is 2.58 bits per heavy atom. The normalized spacial score (nSPS) is 11.2. The van der Waals surface area contributed by atoms with Crippen molar-refractivity contribution in [2.24, 2.45) is 4.99 Å². The van der Waals surface area contributed by atoms with Crippen LogP contribution in [-0.2, 0) is 17.9 Å². The fourth-order valence-electron chi connectivity index (χ4n) is 2.04. The standard InChI is InChI=1S/C18H25N5O2S/c1-13-9-19-16(26-13)11-21-18(22-12-17(24)23(2)3)20-10-14-5-7-15(25-4)8-6-14/h5-9H,10-12H2,1-4H3,(H2,20,21,22). The van der Waals surface area contributed by atoms with Crippen LogP contribution in [0, 0.1) is 6.92 Å². The second-order valence-electron chi connectivity index (χ2n) is 5.87. The molecule has 1 aromatic carbocycles. The van der Waals surface area contributed by atoms with Crippen molar-refractivity contribution in [1.82, 2.24) is 20.5 Å². The molecule has 0 aliphatic rings. The molecule has 8 heteroatoms. The van der Waals surface area contributed by atoms with E-state index in [9.17, 15) is 4.79 Å². The summed E-state index contributed by atoms with van der Waals surface area (Å²) in [6, 6.07) is 7.74. The number of ether oxygens (including phenoxy) is 1. The van der Waals surface area contributed by atoms with Gasteiger partial charge in [-0.05, 0) is 24.6 Å². The molecule has 0 saturated carbocycles. The first-order chi connectivity index (χ1) is 12.5. The predicted octanol–water partition coefficient (Wildman–Crippen LogP) is 1.78. The fraction of sp³-hybridized carbons (Fsp3) is 0.389. The lowest BCUT2D eigenvalue weighted by molar-refractivity contribution is -0.127. The summed E-state index contributed by atoms with van der Waals surface area (Å²) in [7, 11) is 5.09. The molecule has 0 spiro atoms. The van der Waals surface area contributed by atoms with Crippen LogP contribution in [0.3, 0.4) is 0 Å². The molecular weight excluding hydrogens is 350 g/mol. The number of aliphatic imine (C=N–C) groups is 1. The zero-order valence-electron chi connectivity index (χ0n) is 15.6. The van der Waals surface area contributed by atoms with E-state index in [4.69, 9.17) is 4.74 Å². The van der Waals surface area contributed by atoms with Gasteiger partial charge in [-0.15, -0.1) is 11.3 Å². The van der Waals surface area contributed by atoms with E-state index in [0.29, 0.717) is 19.0 Å². The number of aromatic nitrogens is 1. The maximum Gasteiger partial charge on any atom is 0.241 e. The summed E-state index contributed by atoms with van der Waals surface area (Å²) in [6.45, 7) is 3.25. The molecule has 0 saturated heterocycles. The smallest absolute Gasteiger partial charge is 0.241 e. The van der Waals surface area contributed by atoms with Gasteiger partial charge in [0, 0.05) is 25.2 Å². The molecule has 0 unspecified atom stereocenters. The zero-order chi connectivity index (χ0) is 18.9. The minimum atomic E-state index is -0.0194. The number of amides is 1. The average molecular weight is 375 g/mol. The minimum Gasteiger partial charge on any atom is -0.497 e. The van der Waals surface area contributed by atoms with E-state index in [1.54, 1.807) is 32.5 Å². The first-order valence-corrected chi connectivity index (χ1v) is 9.06. The maximum absolute atomic E-state index is 11.8. The Hall–Kier alpha value is -2.61. The maximum atomic E-state index is 11.8. The molecule has 0 radical (unpaired) electrons. The van der Waals surface area contributed by atoms with Gasteiger partial charge in [0.1, 0.15) is 10.8 Å². The highest BCUT2D eigenvalue weighted by atomic mass is 32.1. The summed E-state index contributed by atoms with van der Waals surface area (Å²) in [5, 5.41) is 7.27. The molecule has 0 atom stereocenters. The fourth-order valence-corrected chi connectivity index (χ4v) is 2.76. The molecule has 2 N–H and O–H groups in total. The Balaban J connectivity index is 2.00. The number of carbonyl (C=O) groups excluding carboxylic acids is 1. The first kappa shape index (κ1) is 19.7. The number of rotatable bonds is 7. The summed E-state index contributed by atoms with van der Waals surface area (Å²) >= 11 is 1.63. The molecule has 0 bridgehead atoms. The van der Waals surface area contributed by atoms with Crippen LogP contribution in [0.2, 0.25) is 0 Å². The van der Waals surface area contributed by atoms with Gasteiger partial charge in [0.15, 0.2) is 5.96 Å². The lowest BCUT2D eigenvalue weighted by Gasteiger charge is -2.14. The predicted molar refractivity (Wildman–Crippen MR) is 105 cm³/mol. The number of carbonyl (C=O) groups is 1. The van der Waals surface area contributed by atoms with Crippen molar-refractivity contribution >= 4 is 23.2 Å². The zero-order valence-corrected chi connectivity index (χ0v) is 16.4. The van der Waals surface area contributed by atoms with E-state index in [2.05, 4.69) is 20.6 Å². The van der Waals surface area contributed by atoms with Gasteiger partial charge >= 0.3 is 0 Å². The van der Waals surface area contributed by atoms with Crippen molar-refractivity contribution in [2.45, 2.75) is 20.0 Å². The SMILES string of the molecule is COc1ccc(CN=C(NCC(=O)N(C)C)NCc2ncc(C)s2)cc1. The summed E-state index contributed by atoms with van der Waals surface area (Å²) in [4.78, 5) is 23.4. The molecule has 1 heterocycles. The number of hydrogen-bond donors (Lipinski definition) is 2. The number of benzene rings is 1. The van der Waals surface area contributed by atoms with Crippen molar-refractivity contribution < 1.29 is 9.53 Å². The number of hydrogen-bond acceptors (Lipinski definition) is 5. The monoisotopic (exact) mass is 375 g/mol. The molecule has 1 aromatic heterocycles. The highest BCUT2D eigenvalue weighted by Crippen LogP contribution is 2.12. The van der Waals surface area contributed by atoms with Crippen LogP contribution < -0.4 is 15.4 Å². The van der Waals surface area contributed by atoms with Crippen molar-refractivity contribution in [3.05, 3.63) is 45.9 Å². The second kappa shape index (κ2) is 9.76. The van der Waals surface area contributed by atoms with Crippen LogP contribution in [0.1, 0.15) is 15.4 Å². The van der Waals surface area contributed by atoms with E-state index < -0.39 is 0 Å². The van der Waals surface area contributed by atoms with Gasteiger partial charge in [0.25, 0.3) is 0 Å². The number of methoxy groups -OCH3 is 1. The van der Waals surface area contributed by atoms with Crippen LogP contribution >= 0.6 is 11.3 Å². The lowest BCUT2D eigenvalue weighted by Crippen LogP contribution is -2.42. The Labute approximate surface area is 158 Å². The molecular formula is C18H25N5O2S. The molecule has 0 fully saturated rings. The summed E-state index contributed by atoms with van der Waals surface area (Å²) in [5.74, 6) is 1.36. The summed E-state index contributed by atoms with van der Waals surface area (Å²) in [5.41, 5.74) is 1.05. The number of thiazole rings is 1. The van der Waals surface area contributed by atoms with Crippen LogP contribution in [0.5, 0.6) is 5.75 Å². The van der Waals surface area contributed by atoms with Gasteiger partial charge in [-0.25, -0.2) is 9.98 Å². The summed E-state index contributed by atoms with van der Waals surface area (Å²) in [6.07, 6.45) is 1.85. The third-order valence-electron chi connectivity index (χ3n) is 3.56. The number of nitrogens with one attached hydrogen (secondary N) is 2. The number of nitrogens with zero attached hydrogens (tertiary/aromatic N) is 3. The average Bonchev–Trinajstić information content (AvgIpc) is 3.06. The van der Waals surface area contributed by atoms with Crippen LogP contribution in [0.15, 0.2) is 35.5 Å². The van der Waals surface area contributed by atoms with Gasteiger partial charge < -0.3 is 20.3 Å². The molecule has 26 heavy (non-hydrogen) atoms. The van der Waals surface area contributed by atoms with Crippen molar-refractivity contribution in [2.75, 3.05) is 27.7 Å². The Bertz CT molecular complexity index is 740. The van der Waals surface area contributed by atoms with Gasteiger partial charge in [-0.2, -0.15) is 0 Å². The molecule has 7 nitrogen and oxygen atoms in total. The lowest BCUT2D eigenvalue weighted by atomic mass is 10.2. The van der Waals surface area contributed by atoms with E-state index in [1.807, 2.05) is 37.4 Å². The van der Waals surface area contributed by atoms with Gasteiger partial charge in [-0.3, -0.25) is 4.79 Å². The van der Waals surface area contributed by atoms with Crippen molar-refractivity contribution in [3.63, 3.8) is 0 Å². The quantitative estimate of drug-likeness (QED) is 0.570. The molecule has 1 amide bonds. The highest BCUT2D eigenvalue weighted by Gasteiger charge is 2.07. The van der Waals surface area contributed by atoms with Crippen LogP contribution in [0.4, 0.5) is 0 Å². The number of likely N-dealkylation sites (N-methyl/N-ethyl adjacent to an activating group) is 1. The van der Waals surface area contributed by atoms with E-state index in [-0.39, 0.29) is 12.5 Å². The largest absolute Gasteiger partial charge is 0.497 e. The topological polar surface area (TPSA) is 78.8 Å². The summed E-state index contributed by atoms with van der Waals surface area (Å²) < 4.78 is 5.16. The van der Waals surface area contributed by atoms with E-state index in [0.717, 1.165) is 21.2 Å². The van der Waals surface area contributed by atoms with Crippen molar-refractivity contribution in [3.8, 4) is 5.75 Å². The molecule has 2 aromatic rings. The highest BCUT2D eigenvalue weighted by molar-refractivity contribution is 7.11.